The topological polar surface area (TPSA) is 184 Å². The van der Waals surface area contributed by atoms with Crippen LogP contribution in [0.25, 0.3) is 0 Å². The highest BCUT2D eigenvalue weighted by atomic mass is 16.5. The number of carbonyl (C=O) groups is 2. The summed E-state index contributed by atoms with van der Waals surface area (Å²) in [5.74, 6) is -1.34. The molecule has 0 radical (unpaired) electrons. The van der Waals surface area contributed by atoms with Crippen molar-refractivity contribution in [2.75, 3.05) is 19.8 Å². The van der Waals surface area contributed by atoms with Crippen molar-refractivity contribution in [3.05, 3.63) is 26.4 Å². The van der Waals surface area contributed by atoms with Gasteiger partial charge in [0.25, 0.3) is 11.5 Å². The van der Waals surface area contributed by atoms with E-state index >= 15 is 0 Å². The molecule has 0 aliphatic carbocycles. The molecule has 12 nitrogen and oxygen atoms in total. The molecule has 1 atom stereocenters. The summed E-state index contributed by atoms with van der Waals surface area (Å²) in [6, 6.07) is -0.716. The molecular formula is C23H40N6O6. The maximum atomic E-state index is 11.7. The van der Waals surface area contributed by atoms with Gasteiger partial charge in [-0.15, -0.1) is 0 Å². The molecule has 3 amide bonds. The first-order chi connectivity index (χ1) is 16.7. The molecule has 35 heavy (non-hydrogen) atoms. The number of unbranched alkanes of at least 4 members (excludes halogenated alkanes) is 6. The number of nitrogen functional groups attached to an aromatic ring is 1. The SMILES string of the molecule is CCCCCCCCN1C(=O)NC(=O)C1COCC.CCCCn1c(O)c(C(=N)N)c(=O)[nH]c1=O. The summed E-state index contributed by atoms with van der Waals surface area (Å²) in [5.41, 5.74) is 3.25. The third kappa shape index (κ3) is 9.19. The van der Waals surface area contributed by atoms with Crippen molar-refractivity contribution >= 4 is 17.8 Å². The van der Waals surface area contributed by atoms with Gasteiger partial charge in [0.1, 0.15) is 17.4 Å². The molecule has 1 aliphatic rings. The molecule has 1 aliphatic heterocycles. The Bertz CT molecular complexity index is 957. The molecular weight excluding hydrogens is 456 g/mol. The van der Waals surface area contributed by atoms with Crippen LogP contribution in [0, 0.1) is 5.41 Å². The Balaban J connectivity index is 0.000000355. The first-order valence-corrected chi connectivity index (χ1v) is 12.3. The van der Waals surface area contributed by atoms with Crippen LogP contribution in [0.2, 0.25) is 0 Å². The molecule has 2 heterocycles. The highest BCUT2D eigenvalue weighted by Gasteiger charge is 2.37. The van der Waals surface area contributed by atoms with Crippen LogP contribution in [0.1, 0.15) is 77.7 Å². The van der Waals surface area contributed by atoms with E-state index in [2.05, 4.69) is 12.2 Å². The summed E-state index contributed by atoms with van der Waals surface area (Å²) < 4.78 is 6.27. The second-order valence-corrected chi connectivity index (χ2v) is 8.31. The van der Waals surface area contributed by atoms with Crippen molar-refractivity contribution in [3.8, 4) is 5.88 Å². The van der Waals surface area contributed by atoms with Crippen molar-refractivity contribution in [1.29, 1.82) is 5.41 Å². The third-order valence-corrected chi connectivity index (χ3v) is 5.58. The van der Waals surface area contributed by atoms with E-state index in [1.807, 2.05) is 18.8 Å². The van der Waals surface area contributed by atoms with E-state index in [0.717, 1.165) is 23.8 Å². The number of imide groups is 1. The predicted molar refractivity (Wildman–Crippen MR) is 133 cm³/mol. The fourth-order valence-corrected chi connectivity index (χ4v) is 3.58. The highest BCUT2D eigenvalue weighted by Crippen LogP contribution is 2.13. The number of nitrogens with two attached hydrogens (primary N) is 1. The average molecular weight is 497 g/mol. The van der Waals surface area contributed by atoms with Crippen LogP contribution in [0.5, 0.6) is 5.88 Å². The number of H-pyrrole nitrogens is 1. The van der Waals surface area contributed by atoms with Gasteiger partial charge in [0.15, 0.2) is 0 Å². The molecule has 2 rings (SSSR count). The van der Waals surface area contributed by atoms with Gasteiger partial charge in [0, 0.05) is 19.7 Å². The van der Waals surface area contributed by atoms with Gasteiger partial charge in [-0.25, -0.2) is 9.59 Å². The van der Waals surface area contributed by atoms with Gasteiger partial charge in [-0.05, 0) is 19.8 Å². The Morgan fingerprint density at radius 1 is 1.00 bits per heavy atom. The van der Waals surface area contributed by atoms with Crippen molar-refractivity contribution in [3.63, 3.8) is 0 Å². The van der Waals surface area contributed by atoms with Crippen LogP contribution >= 0.6 is 0 Å². The van der Waals surface area contributed by atoms with Crippen molar-refractivity contribution < 1.29 is 19.4 Å². The largest absolute Gasteiger partial charge is 0.494 e. The summed E-state index contributed by atoms with van der Waals surface area (Å²) in [6.45, 7) is 7.78. The van der Waals surface area contributed by atoms with Crippen LogP contribution in [-0.4, -0.2) is 63.1 Å². The number of aromatic hydroxyl groups is 1. The Morgan fingerprint density at radius 2 is 1.63 bits per heavy atom. The van der Waals surface area contributed by atoms with Crippen LogP contribution in [0.15, 0.2) is 9.59 Å². The molecule has 12 heteroatoms. The fourth-order valence-electron chi connectivity index (χ4n) is 3.58. The molecule has 1 aromatic rings. The molecule has 0 aromatic carbocycles. The number of hydrogen-bond donors (Lipinski definition) is 5. The zero-order valence-corrected chi connectivity index (χ0v) is 21.0. The monoisotopic (exact) mass is 496 g/mol. The number of amidine groups is 1. The van der Waals surface area contributed by atoms with E-state index < -0.39 is 29.0 Å². The zero-order valence-electron chi connectivity index (χ0n) is 21.0. The summed E-state index contributed by atoms with van der Waals surface area (Å²) in [7, 11) is 0. The minimum absolute atomic E-state index is 0.232. The number of nitrogens with zero attached hydrogens (tertiary/aromatic N) is 2. The molecule has 0 saturated carbocycles. The van der Waals surface area contributed by atoms with Crippen molar-refractivity contribution in [2.24, 2.45) is 5.73 Å². The highest BCUT2D eigenvalue weighted by molar-refractivity contribution is 6.04. The predicted octanol–water partition coefficient (Wildman–Crippen LogP) is 1.63. The first kappa shape index (κ1) is 29.9. The lowest BCUT2D eigenvalue weighted by Crippen LogP contribution is -2.39. The van der Waals surface area contributed by atoms with Crippen LogP contribution < -0.4 is 22.3 Å². The first-order valence-electron chi connectivity index (χ1n) is 12.3. The number of aromatic amines is 1. The maximum absolute atomic E-state index is 11.7. The zero-order chi connectivity index (χ0) is 26.4. The Labute approximate surface area is 205 Å². The van der Waals surface area contributed by atoms with Gasteiger partial charge >= 0.3 is 11.7 Å². The minimum atomic E-state index is -0.845. The van der Waals surface area contributed by atoms with E-state index in [4.69, 9.17) is 15.9 Å². The smallest absolute Gasteiger partial charge is 0.331 e. The van der Waals surface area contributed by atoms with E-state index in [-0.39, 0.29) is 24.0 Å². The summed E-state index contributed by atoms with van der Waals surface area (Å²) in [5, 5.41) is 19.2. The van der Waals surface area contributed by atoms with Gasteiger partial charge in [-0.2, -0.15) is 0 Å². The normalized spacial score (nSPS) is 15.1. The molecule has 0 spiro atoms. The summed E-state index contributed by atoms with van der Waals surface area (Å²) in [6.07, 6.45) is 8.54. The molecule has 1 aromatic heterocycles. The van der Waals surface area contributed by atoms with Crippen molar-refractivity contribution in [2.45, 2.75) is 84.7 Å². The molecule has 1 saturated heterocycles. The lowest BCUT2D eigenvalue weighted by Gasteiger charge is -2.21. The van der Waals surface area contributed by atoms with Gasteiger partial charge < -0.3 is 20.5 Å². The second kappa shape index (κ2) is 15.7. The number of ether oxygens (including phenoxy) is 1. The number of hydrogen-bond acceptors (Lipinski definition) is 7. The standard InChI is InChI=1S/C14H26N2O3.C9H14N4O3/c1-3-5-6-7-8-9-10-16-12(11-19-4-2)13(17)15-14(16)18;1-2-3-4-13-8(15)5(6(10)11)7(14)12-9(13)16/h12H,3-11H2,1-2H3,(H,15,17,18);15H,2-4H2,1H3,(H3,10,11)(H,12,14,16). The van der Waals surface area contributed by atoms with Crippen molar-refractivity contribution in [1.82, 2.24) is 19.8 Å². The van der Waals surface area contributed by atoms with E-state index in [1.165, 1.54) is 25.7 Å². The number of carbonyl (C=O) groups excluding carboxylic acids is 2. The molecule has 0 bridgehead atoms. The quantitative estimate of drug-likeness (QED) is 0.112. The third-order valence-electron chi connectivity index (χ3n) is 5.58. The Kier molecular flexibility index (Phi) is 13.4. The van der Waals surface area contributed by atoms with E-state index in [0.29, 0.717) is 26.2 Å². The molecule has 198 valence electrons. The van der Waals surface area contributed by atoms with Gasteiger partial charge in [0.05, 0.1) is 6.61 Å². The number of aromatic nitrogens is 2. The van der Waals surface area contributed by atoms with E-state index in [9.17, 15) is 24.3 Å². The molecule has 1 fully saturated rings. The lowest BCUT2D eigenvalue weighted by atomic mass is 10.1. The lowest BCUT2D eigenvalue weighted by molar-refractivity contribution is -0.123. The molecule has 6 N–H and O–H groups in total. The fraction of sp³-hybridized carbons (Fsp3) is 0.696. The molecule has 1 unspecified atom stereocenters. The maximum Gasteiger partial charge on any atom is 0.331 e. The van der Waals surface area contributed by atoms with Gasteiger partial charge in [-0.3, -0.25) is 29.9 Å². The summed E-state index contributed by atoms with van der Waals surface area (Å²) in [4.78, 5) is 49.6. The number of urea groups is 1. The number of rotatable bonds is 14. The second-order valence-electron chi connectivity index (χ2n) is 8.31. The Morgan fingerprint density at radius 3 is 2.23 bits per heavy atom. The number of nitrogens with one attached hydrogen (secondary N) is 3. The summed E-state index contributed by atoms with van der Waals surface area (Å²) >= 11 is 0. The average Bonchev–Trinajstić information content (AvgIpc) is 3.06. The van der Waals surface area contributed by atoms with Gasteiger partial charge in [-0.1, -0.05) is 52.4 Å². The van der Waals surface area contributed by atoms with E-state index in [1.54, 1.807) is 4.90 Å². The van der Waals surface area contributed by atoms with Crippen LogP contribution in [0.3, 0.4) is 0 Å². The number of amides is 3. The van der Waals surface area contributed by atoms with Crippen LogP contribution in [-0.2, 0) is 16.1 Å². The van der Waals surface area contributed by atoms with Gasteiger partial charge in [0.2, 0.25) is 5.88 Å². The minimum Gasteiger partial charge on any atom is -0.494 e. The van der Waals surface area contributed by atoms with Crippen LogP contribution in [0.4, 0.5) is 4.79 Å². The Hall–Kier alpha value is -3.15.